The van der Waals surface area contributed by atoms with Crippen molar-refractivity contribution in [3.63, 3.8) is 0 Å². The third-order valence-electron chi connectivity index (χ3n) is 4.94. The first-order valence-corrected chi connectivity index (χ1v) is 8.98. The summed E-state index contributed by atoms with van der Waals surface area (Å²) >= 11 is 0. The number of anilines is 1. The number of hydrogen-bond donors (Lipinski definition) is 0. The van der Waals surface area contributed by atoms with Gasteiger partial charge in [-0.15, -0.1) is 0 Å². The molecule has 0 atom stereocenters. The van der Waals surface area contributed by atoms with Gasteiger partial charge in [-0.1, -0.05) is 18.2 Å². The van der Waals surface area contributed by atoms with E-state index >= 15 is 0 Å². The molecule has 0 fully saturated rings. The number of nitrogens with zero attached hydrogens (tertiary/aromatic N) is 2. The van der Waals surface area contributed by atoms with Crippen molar-refractivity contribution in [2.24, 2.45) is 0 Å². The Morgan fingerprint density at radius 2 is 1.61 bits per heavy atom. The lowest BCUT2D eigenvalue weighted by molar-refractivity contribution is 0.0926. The third-order valence-corrected chi connectivity index (χ3v) is 4.94. The summed E-state index contributed by atoms with van der Waals surface area (Å²) in [5.74, 6) is -0.220. The largest absolute Gasteiger partial charge is 0.436 e. The minimum Gasteiger partial charge on any atom is -0.436 e. The van der Waals surface area contributed by atoms with E-state index in [1.54, 1.807) is 24.3 Å². The highest BCUT2D eigenvalue weighted by atomic mass is 16.3. The molecule has 0 saturated carbocycles. The van der Waals surface area contributed by atoms with Crippen molar-refractivity contribution in [2.45, 2.75) is 13.8 Å². The molecule has 0 bridgehead atoms. The molecule has 1 aliphatic heterocycles. The van der Waals surface area contributed by atoms with E-state index in [-0.39, 0.29) is 11.8 Å². The fraction of sp³-hybridized carbons (Fsp3) is 0.0870. The number of benzene rings is 3. The molecule has 1 aromatic heterocycles. The molecule has 5 nitrogen and oxygen atoms in total. The summed E-state index contributed by atoms with van der Waals surface area (Å²) in [5, 5.41) is 0. The van der Waals surface area contributed by atoms with Crippen LogP contribution in [0.15, 0.2) is 65.1 Å². The van der Waals surface area contributed by atoms with Crippen LogP contribution in [0.4, 0.5) is 5.69 Å². The molecule has 0 radical (unpaired) electrons. The molecule has 3 aromatic carbocycles. The standard InChI is InChI=1S/C23H16N2O3/c1-13-4-3-5-16(10-13)25-22(26)17-8-7-15(12-18(17)23(25)27)21-24-19-11-14(2)6-9-20(19)28-21/h3-12H,1-2H3. The molecule has 0 aliphatic carbocycles. The van der Waals surface area contributed by atoms with E-state index in [1.165, 1.54) is 4.90 Å². The molecule has 5 rings (SSSR count). The van der Waals surface area contributed by atoms with E-state index in [9.17, 15) is 9.59 Å². The molecule has 5 heteroatoms. The molecule has 28 heavy (non-hydrogen) atoms. The third kappa shape index (κ3) is 2.44. The lowest BCUT2D eigenvalue weighted by Gasteiger charge is -2.14. The zero-order valence-corrected chi connectivity index (χ0v) is 15.4. The van der Waals surface area contributed by atoms with Gasteiger partial charge < -0.3 is 4.42 Å². The highest BCUT2D eigenvalue weighted by Gasteiger charge is 2.37. The second kappa shape index (κ2) is 5.89. The molecule has 2 heterocycles. The van der Waals surface area contributed by atoms with Crippen LogP contribution in [0, 0.1) is 13.8 Å². The molecular formula is C23H16N2O3. The summed E-state index contributed by atoms with van der Waals surface area (Å²) in [6.07, 6.45) is 0. The van der Waals surface area contributed by atoms with Gasteiger partial charge in [-0.3, -0.25) is 9.59 Å². The normalized spacial score (nSPS) is 13.4. The van der Waals surface area contributed by atoms with E-state index in [1.807, 2.05) is 50.2 Å². The summed E-state index contributed by atoms with van der Waals surface area (Å²) < 4.78 is 5.84. The first-order valence-electron chi connectivity index (χ1n) is 8.98. The molecule has 0 unspecified atom stereocenters. The summed E-state index contributed by atoms with van der Waals surface area (Å²) in [6.45, 7) is 3.92. The minimum atomic E-state index is -0.334. The average Bonchev–Trinajstić information content (AvgIpc) is 3.20. The molecule has 0 spiro atoms. The predicted octanol–water partition coefficient (Wildman–Crippen LogP) is 4.91. The van der Waals surface area contributed by atoms with Gasteiger partial charge in [-0.2, -0.15) is 0 Å². The lowest BCUT2D eigenvalue weighted by atomic mass is 10.1. The van der Waals surface area contributed by atoms with Crippen LogP contribution >= 0.6 is 0 Å². The molecule has 2 amide bonds. The van der Waals surface area contributed by atoms with Gasteiger partial charge in [0.25, 0.3) is 11.8 Å². The topological polar surface area (TPSA) is 63.4 Å². The zero-order valence-electron chi connectivity index (χ0n) is 15.4. The van der Waals surface area contributed by atoms with E-state index < -0.39 is 0 Å². The van der Waals surface area contributed by atoms with Crippen molar-refractivity contribution in [3.8, 4) is 11.5 Å². The van der Waals surface area contributed by atoms with Crippen molar-refractivity contribution in [1.29, 1.82) is 0 Å². The van der Waals surface area contributed by atoms with Gasteiger partial charge in [-0.25, -0.2) is 9.88 Å². The Hall–Kier alpha value is -3.73. The molecule has 4 aromatic rings. The number of carbonyl (C=O) groups excluding carboxylic acids is 2. The Labute approximate surface area is 161 Å². The maximum atomic E-state index is 13.0. The van der Waals surface area contributed by atoms with Gasteiger partial charge in [-0.05, 0) is 67.4 Å². The summed E-state index contributed by atoms with van der Waals surface area (Å²) in [5.41, 5.74) is 5.52. The van der Waals surface area contributed by atoms with Crippen LogP contribution in [-0.4, -0.2) is 16.8 Å². The van der Waals surface area contributed by atoms with E-state index in [2.05, 4.69) is 4.98 Å². The van der Waals surface area contributed by atoms with Gasteiger partial charge in [0.1, 0.15) is 5.52 Å². The number of aryl methyl sites for hydroxylation is 2. The SMILES string of the molecule is Cc1cccc(N2C(=O)c3ccc(-c4nc5cc(C)ccc5o4)cc3C2=O)c1. The van der Waals surface area contributed by atoms with Gasteiger partial charge in [0.15, 0.2) is 5.58 Å². The number of hydrogen-bond acceptors (Lipinski definition) is 4. The second-order valence-electron chi connectivity index (χ2n) is 7.04. The maximum Gasteiger partial charge on any atom is 0.266 e. The van der Waals surface area contributed by atoms with Crippen LogP contribution in [0.1, 0.15) is 31.8 Å². The molecule has 0 N–H and O–H groups in total. The number of imide groups is 1. The zero-order chi connectivity index (χ0) is 19.4. The smallest absolute Gasteiger partial charge is 0.266 e. The Kier molecular flexibility index (Phi) is 3.46. The first-order chi connectivity index (χ1) is 13.5. The second-order valence-corrected chi connectivity index (χ2v) is 7.04. The summed E-state index contributed by atoms with van der Waals surface area (Å²) in [4.78, 5) is 31.5. The first kappa shape index (κ1) is 16.4. The van der Waals surface area contributed by atoms with Crippen LogP contribution in [0.3, 0.4) is 0 Å². The number of amides is 2. The van der Waals surface area contributed by atoms with Crippen molar-refractivity contribution >= 4 is 28.6 Å². The number of carbonyl (C=O) groups is 2. The van der Waals surface area contributed by atoms with Gasteiger partial charge >= 0.3 is 0 Å². The van der Waals surface area contributed by atoms with Gasteiger partial charge in [0.05, 0.1) is 16.8 Å². The van der Waals surface area contributed by atoms with Crippen molar-refractivity contribution in [1.82, 2.24) is 4.98 Å². The molecular weight excluding hydrogens is 352 g/mol. The summed E-state index contributed by atoms with van der Waals surface area (Å²) in [6, 6.07) is 18.2. The molecule has 1 aliphatic rings. The predicted molar refractivity (Wildman–Crippen MR) is 107 cm³/mol. The number of oxazole rings is 1. The number of aromatic nitrogens is 1. The van der Waals surface area contributed by atoms with Crippen LogP contribution in [0.5, 0.6) is 0 Å². The van der Waals surface area contributed by atoms with Crippen LogP contribution in [0.2, 0.25) is 0 Å². The fourth-order valence-corrected chi connectivity index (χ4v) is 3.54. The van der Waals surface area contributed by atoms with E-state index in [4.69, 9.17) is 4.42 Å². The Morgan fingerprint density at radius 1 is 0.821 bits per heavy atom. The van der Waals surface area contributed by atoms with Crippen LogP contribution in [-0.2, 0) is 0 Å². The molecule has 136 valence electrons. The highest BCUT2D eigenvalue weighted by molar-refractivity contribution is 6.34. The molecule has 0 saturated heterocycles. The maximum absolute atomic E-state index is 13.0. The van der Waals surface area contributed by atoms with Crippen LogP contribution < -0.4 is 4.90 Å². The van der Waals surface area contributed by atoms with Gasteiger partial charge in [0, 0.05) is 5.56 Å². The number of rotatable bonds is 2. The fourth-order valence-electron chi connectivity index (χ4n) is 3.54. The minimum absolute atomic E-state index is 0.315. The lowest BCUT2D eigenvalue weighted by Crippen LogP contribution is -2.29. The highest BCUT2D eigenvalue weighted by Crippen LogP contribution is 2.33. The van der Waals surface area contributed by atoms with Crippen LogP contribution in [0.25, 0.3) is 22.6 Å². The van der Waals surface area contributed by atoms with Crippen molar-refractivity contribution in [3.05, 3.63) is 82.9 Å². The van der Waals surface area contributed by atoms with Gasteiger partial charge in [0.2, 0.25) is 5.89 Å². The number of fused-ring (bicyclic) bond motifs is 2. The van der Waals surface area contributed by atoms with E-state index in [0.717, 1.165) is 16.6 Å². The Morgan fingerprint density at radius 3 is 2.43 bits per heavy atom. The average molecular weight is 368 g/mol. The van der Waals surface area contributed by atoms with Crippen molar-refractivity contribution < 1.29 is 14.0 Å². The summed E-state index contributed by atoms with van der Waals surface area (Å²) in [7, 11) is 0. The van der Waals surface area contributed by atoms with Crippen molar-refractivity contribution in [2.75, 3.05) is 4.90 Å². The quantitative estimate of drug-likeness (QED) is 0.472. The Bertz CT molecular complexity index is 1290. The van der Waals surface area contributed by atoms with E-state index in [0.29, 0.717) is 33.9 Å². The Balaban J connectivity index is 1.58. The monoisotopic (exact) mass is 368 g/mol.